The number of hydrogen-bond acceptors (Lipinski definition) is 9. The number of nitrogens with zero attached hydrogens (tertiary/aromatic N) is 2. The normalized spacial score (nSPS) is 24.1. The van der Waals surface area contributed by atoms with Crippen LogP contribution < -0.4 is 20.1 Å². The van der Waals surface area contributed by atoms with E-state index in [2.05, 4.69) is 29.9 Å². The van der Waals surface area contributed by atoms with Crippen molar-refractivity contribution in [2.45, 2.75) is 70.6 Å². The SMILES string of the molecule is CCOC(=O)[C@@]1(NC(=O)[C@@H]2C[C@@H](Oc3cc(-c4nc(C(C)C)cs4)nc4cc(OC)ccc34)CN2)C[C@H]1CC. The number of carbonyl (C=O) groups excluding carboxylic acids is 2. The van der Waals surface area contributed by atoms with E-state index < -0.39 is 11.6 Å². The molecule has 1 saturated heterocycles. The number of methoxy groups -OCH3 is 1. The minimum Gasteiger partial charge on any atom is -0.497 e. The fraction of sp³-hybridized carbons (Fsp3) is 0.517. The van der Waals surface area contributed by atoms with E-state index in [0.717, 1.165) is 33.7 Å². The molecule has 0 radical (unpaired) electrons. The first-order valence-corrected chi connectivity index (χ1v) is 14.5. The number of fused-ring (bicyclic) bond motifs is 1. The number of thiazole rings is 1. The van der Waals surface area contributed by atoms with Crippen LogP contribution in [0.25, 0.3) is 21.6 Å². The molecule has 10 heteroatoms. The van der Waals surface area contributed by atoms with E-state index in [1.807, 2.05) is 31.2 Å². The lowest BCUT2D eigenvalue weighted by Gasteiger charge is -2.20. The van der Waals surface area contributed by atoms with Crippen LogP contribution in [0.15, 0.2) is 29.6 Å². The van der Waals surface area contributed by atoms with Crippen molar-refractivity contribution in [3.63, 3.8) is 0 Å². The highest BCUT2D eigenvalue weighted by atomic mass is 32.1. The molecule has 1 saturated carbocycles. The van der Waals surface area contributed by atoms with Crippen LogP contribution in [-0.2, 0) is 14.3 Å². The lowest BCUT2D eigenvalue weighted by Crippen LogP contribution is -2.51. The zero-order valence-corrected chi connectivity index (χ0v) is 23.9. The molecule has 1 aliphatic heterocycles. The molecule has 4 atom stereocenters. The second kappa shape index (κ2) is 11.1. The summed E-state index contributed by atoms with van der Waals surface area (Å²) in [5.74, 6) is 1.28. The monoisotopic (exact) mass is 552 g/mol. The van der Waals surface area contributed by atoms with E-state index in [1.165, 1.54) is 0 Å². The van der Waals surface area contributed by atoms with Crippen LogP contribution >= 0.6 is 11.3 Å². The maximum absolute atomic E-state index is 13.2. The summed E-state index contributed by atoms with van der Waals surface area (Å²) in [4.78, 5) is 35.4. The minimum absolute atomic E-state index is 0.106. The molecule has 39 heavy (non-hydrogen) atoms. The molecule has 2 aromatic heterocycles. The van der Waals surface area contributed by atoms with Crippen LogP contribution in [0.3, 0.4) is 0 Å². The van der Waals surface area contributed by atoms with Gasteiger partial charge in [-0.3, -0.25) is 4.79 Å². The number of aromatic nitrogens is 2. The summed E-state index contributed by atoms with van der Waals surface area (Å²) in [5, 5.41) is 10.0. The number of nitrogens with one attached hydrogen (secondary N) is 2. The number of pyridine rings is 1. The number of benzene rings is 1. The average Bonchev–Trinajstić information content (AvgIpc) is 3.25. The average molecular weight is 553 g/mol. The Hall–Kier alpha value is -3.24. The fourth-order valence-electron chi connectivity index (χ4n) is 5.20. The third-order valence-electron chi connectivity index (χ3n) is 7.60. The molecule has 5 rings (SSSR count). The van der Waals surface area contributed by atoms with Gasteiger partial charge in [-0.1, -0.05) is 27.2 Å². The molecule has 1 aliphatic carbocycles. The summed E-state index contributed by atoms with van der Waals surface area (Å²) in [6.45, 7) is 8.83. The van der Waals surface area contributed by atoms with Crippen molar-refractivity contribution in [3.05, 3.63) is 35.3 Å². The Kier molecular flexibility index (Phi) is 7.77. The second-order valence-corrected chi connectivity index (χ2v) is 11.4. The van der Waals surface area contributed by atoms with E-state index in [0.29, 0.717) is 36.8 Å². The molecule has 0 spiro atoms. The number of hydrogen-bond donors (Lipinski definition) is 2. The molecule has 9 nitrogen and oxygen atoms in total. The van der Waals surface area contributed by atoms with Gasteiger partial charge >= 0.3 is 5.97 Å². The first kappa shape index (κ1) is 27.3. The Morgan fingerprint density at radius 2 is 2.05 bits per heavy atom. The quantitative estimate of drug-likeness (QED) is 0.355. The Labute approximate surface area is 232 Å². The van der Waals surface area contributed by atoms with Gasteiger partial charge in [-0.05, 0) is 37.3 Å². The molecule has 2 aliphatic rings. The van der Waals surface area contributed by atoms with Crippen molar-refractivity contribution < 1.29 is 23.8 Å². The maximum Gasteiger partial charge on any atom is 0.332 e. The standard InChI is InChI=1S/C29H36N4O5S/c1-6-17-13-29(17,28(35)37-7-2)33-26(34)22-11-19(14-30-22)38-25-12-23(27-32-24(15-39-27)16(3)4)31-21-10-18(36-5)8-9-20(21)25/h8-10,12,15-17,19,22,30H,6-7,11,13-14H2,1-5H3,(H,33,34)/t17-,19-,22+,29-/m1/s1. The highest BCUT2D eigenvalue weighted by molar-refractivity contribution is 7.13. The summed E-state index contributed by atoms with van der Waals surface area (Å²) in [6.07, 6.45) is 1.67. The Balaban J connectivity index is 1.35. The van der Waals surface area contributed by atoms with Crippen LogP contribution in [0.5, 0.6) is 11.5 Å². The predicted octanol–water partition coefficient (Wildman–Crippen LogP) is 4.45. The van der Waals surface area contributed by atoms with Crippen molar-refractivity contribution >= 4 is 34.1 Å². The van der Waals surface area contributed by atoms with Gasteiger partial charge in [-0.2, -0.15) is 0 Å². The first-order chi connectivity index (χ1) is 18.8. The van der Waals surface area contributed by atoms with Gasteiger partial charge in [0.25, 0.3) is 0 Å². The molecule has 3 aromatic rings. The van der Waals surface area contributed by atoms with Gasteiger partial charge in [-0.25, -0.2) is 14.8 Å². The van der Waals surface area contributed by atoms with Crippen LogP contribution in [0.1, 0.15) is 58.6 Å². The van der Waals surface area contributed by atoms with Crippen molar-refractivity contribution in [3.8, 4) is 22.2 Å². The highest BCUT2D eigenvalue weighted by Crippen LogP contribution is 2.47. The molecule has 208 valence electrons. The summed E-state index contributed by atoms with van der Waals surface area (Å²) >= 11 is 1.56. The van der Waals surface area contributed by atoms with Gasteiger partial charge in [0.05, 0.1) is 31.0 Å². The van der Waals surface area contributed by atoms with E-state index in [4.69, 9.17) is 24.2 Å². The molecule has 0 unspecified atom stereocenters. The van der Waals surface area contributed by atoms with Crippen molar-refractivity contribution in [2.75, 3.05) is 20.3 Å². The van der Waals surface area contributed by atoms with Gasteiger partial charge in [0, 0.05) is 35.9 Å². The van der Waals surface area contributed by atoms with Crippen molar-refractivity contribution in [1.82, 2.24) is 20.6 Å². The van der Waals surface area contributed by atoms with E-state index in [9.17, 15) is 9.59 Å². The topological polar surface area (TPSA) is 112 Å². The largest absolute Gasteiger partial charge is 0.497 e. The third kappa shape index (κ3) is 5.45. The lowest BCUT2D eigenvalue weighted by atomic mass is 10.1. The summed E-state index contributed by atoms with van der Waals surface area (Å²) in [5.41, 5.74) is 1.61. The number of amides is 1. The zero-order chi connectivity index (χ0) is 27.7. The summed E-state index contributed by atoms with van der Waals surface area (Å²) < 4.78 is 17.2. The van der Waals surface area contributed by atoms with E-state index in [-0.39, 0.29) is 30.5 Å². The number of rotatable bonds is 10. The molecular weight excluding hydrogens is 516 g/mol. The number of carbonyl (C=O) groups is 2. The van der Waals surface area contributed by atoms with E-state index >= 15 is 0 Å². The zero-order valence-electron chi connectivity index (χ0n) is 23.1. The van der Waals surface area contributed by atoms with Crippen LogP contribution in [0, 0.1) is 5.92 Å². The third-order valence-corrected chi connectivity index (χ3v) is 8.48. The van der Waals surface area contributed by atoms with Gasteiger partial charge in [0.2, 0.25) is 5.91 Å². The maximum atomic E-state index is 13.2. The van der Waals surface area contributed by atoms with Crippen LogP contribution in [0.2, 0.25) is 0 Å². The highest BCUT2D eigenvalue weighted by Gasteiger charge is 2.61. The van der Waals surface area contributed by atoms with Crippen molar-refractivity contribution in [2.24, 2.45) is 5.92 Å². The molecule has 3 heterocycles. The fourth-order valence-corrected chi connectivity index (χ4v) is 6.14. The molecule has 2 fully saturated rings. The molecule has 1 aromatic carbocycles. The minimum atomic E-state index is -0.903. The number of esters is 1. The predicted molar refractivity (Wildman–Crippen MR) is 150 cm³/mol. The van der Waals surface area contributed by atoms with E-state index in [1.54, 1.807) is 25.4 Å². The Morgan fingerprint density at radius 1 is 1.23 bits per heavy atom. The van der Waals surface area contributed by atoms with Gasteiger partial charge < -0.3 is 24.8 Å². The Bertz CT molecular complexity index is 1370. The molecular formula is C29H36N4O5S. The molecule has 2 N–H and O–H groups in total. The smallest absolute Gasteiger partial charge is 0.332 e. The van der Waals surface area contributed by atoms with Crippen LogP contribution in [0.4, 0.5) is 0 Å². The van der Waals surface area contributed by atoms with Crippen molar-refractivity contribution in [1.29, 1.82) is 0 Å². The molecule has 0 bridgehead atoms. The Morgan fingerprint density at radius 3 is 2.72 bits per heavy atom. The lowest BCUT2D eigenvalue weighted by molar-refractivity contribution is -0.149. The van der Waals surface area contributed by atoms with Gasteiger partial charge in [0.1, 0.15) is 33.8 Å². The second-order valence-electron chi connectivity index (χ2n) is 10.5. The number of ether oxygens (including phenoxy) is 3. The summed E-state index contributed by atoms with van der Waals surface area (Å²) in [6, 6.07) is 7.18. The van der Waals surface area contributed by atoms with Crippen LogP contribution in [-0.4, -0.2) is 59.8 Å². The molecule has 1 amide bonds. The van der Waals surface area contributed by atoms with Gasteiger partial charge in [-0.15, -0.1) is 11.3 Å². The summed E-state index contributed by atoms with van der Waals surface area (Å²) in [7, 11) is 1.63. The first-order valence-electron chi connectivity index (χ1n) is 13.6. The van der Waals surface area contributed by atoms with Gasteiger partial charge in [0.15, 0.2) is 0 Å².